The molecule has 1 aliphatic rings. The molecule has 0 spiro atoms. The van der Waals surface area contributed by atoms with E-state index in [1.807, 2.05) is 0 Å². The molecule has 0 amide bonds. The minimum Gasteiger partial charge on any atom is -0.481 e. The Balaban J connectivity index is 2.59. The summed E-state index contributed by atoms with van der Waals surface area (Å²) in [7, 11) is 0. The monoisotopic (exact) mass is 334 g/mol. The van der Waals surface area contributed by atoms with Crippen molar-refractivity contribution in [3.63, 3.8) is 0 Å². The Labute approximate surface area is 118 Å². The average molecular weight is 336 g/mol. The molecule has 1 aromatic carbocycles. The van der Waals surface area contributed by atoms with E-state index in [0.29, 0.717) is 22.9 Å². The van der Waals surface area contributed by atoms with E-state index >= 15 is 0 Å². The summed E-state index contributed by atoms with van der Waals surface area (Å²) in [6, 6.07) is 2.88. The number of carboxylic acid groups (broad SMARTS) is 1. The van der Waals surface area contributed by atoms with Crippen LogP contribution in [-0.4, -0.2) is 11.1 Å². The van der Waals surface area contributed by atoms with E-state index in [1.54, 1.807) is 6.07 Å². The Bertz CT molecular complexity index is 484. The molecular formula is C13H13BrClFO2. The quantitative estimate of drug-likeness (QED) is 0.806. The molecule has 0 heterocycles. The van der Waals surface area contributed by atoms with Crippen molar-refractivity contribution in [2.75, 3.05) is 0 Å². The Morgan fingerprint density at radius 1 is 1.33 bits per heavy atom. The Morgan fingerprint density at radius 2 is 1.94 bits per heavy atom. The van der Waals surface area contributed by atoms with Gasteiger partial charge in [0.25, 0.3) is 0 Å². The number of aliphatic carboxylic acids is 1. The normalized spacial score (nSPS) is 18.6. The van der Waals surface area contributed by atoms with Gasteiger partial charge in [-0.1, -0.05) is 46.8 Å². The Hall–Kier alpha value is -0.610. The Morgan fingerprint density at radius 3 is 2.50 bits per heavy atom. The molecule has 0 saturated heterocycles. The lowest BCUT2D eigenvalue weighted by molar-refractivity contribution is -0.145. The largest absolute Gasteiger partial charge is 0.481 e. The molecule has 0 atom stereocenters. The number of rotatable bonds is 2. The first-order valence-electron chi connectivity index (χ1n) is 5.86. The van der Waals surface area contributed by atoms with Gasteiger partial charge in [0, 0.05) is 4.47 Å². The van der Waals surface area contributed by atoms with Gasteiger partial charge in [0.2, 0.25) is 0 Å². The average Bonchev–Trinajstić information content (AvgIpc) is 2.34. The first-order chi connectivity index (χ1) is 8.47. The van der Waals surface area contributed by atoms with Crippen LogP contribution >= 0.6 is 27.5 Å². The molecule has 1 saturated carbocycles. The molecule has 0 aromatic heterocycles. The fourth-order valence-electron chi connectivity index (χ4n) is 2.66. The molecule has 0 bridgehead atoms. The van der Waals surface area contributed by atoms with Crippen molar-refractivity contribution < 1.29 is 14.3 Å². The SMILES string of the molecule is O=C(O)C1(c2cc(Br)cc(F)c2Cl)CCCCC1. The molecule has 0 unspecified atom stereocenters. The van der Waals surface area contributed by atoms with E-state index in [4.69, 9.17) is 11.6 Å². The second kappa shape index (κ2) is 5.17. The Kier molecular flexibility index (Phi) is 3.97. The van der Waals surface area contributed by atoms with Gasteiger partial charge in [-0.05, 0) is 30.5 Å². The summed E-state index contributed by atoms with van der Waals surface area (Å²) >= 11 is 9.17. The third-order valence-corrected chi connectivity index (χ3v) is 4.47. The third-order valence-electron chi connectivity index (χ3n) is 3.63. The van der Waals surface area contributed by atoms with Crippen LogP contribution in [0.4, 0.5) is 4.39 Å². The molecular weight excluding hydrogens is 322 g/mol. The van der Waals surface area contributed by atoms with Crippen LogP contribution in [0.25, 0.3) is 0 Å². The first kappa shape index (κ1) is 13.8. The number of benzene rings is 1. The van der Waals surface area contributed by atoms with Gasteiger partial charge in [-0.3, -0.25) is 4.79 Å². The van der Waals surface area contributed by atoms with Crippen molar-refractivity contribution in [1.29, 1.82) is 0 Å². The maximum atomic E-state index is 13.7. The standard InChI is InChI=1S/C13H13BrClFO2/c14-8-6-9(11(15)10(16)7-8)13(12(17)18)4-2-1-3-5-13/h6-7H,1-5H2,(H,17,18). The number of carbonyl (C=O) groups is 1. The zero-order chi connectivity index (χ0) is 13.3. The summed E-state index contributed by atoms with van der Waals surface area (Å²) < 4.78 is 14.2. The predicted molar refractivity (Wildman–Crippen MR) is 71.5 cm³/mol. The van der Waals surface area contributed by atoms with Crippen molar-refractivity contribution in [2.24, 2.45) is 0 Å². The van der Waals surface area contributed by atoms with Crippen LogP contribution in [0.3, 0.4) is 0 Å². The second-order valence-corrected chi connectivity index (χ2v) is 5.99. The minimum absolute atomic E-state index is 0.0671. The lowest BCUT2D eigenvalue weighted by Crippen LogP contribution is -2.38. The topological polar surface area (TPSA) is 37.3 Å². The molecule has 1 aliphatic carbocycles. The summed E-state index contributed by atoms with van der Waals surface area (Å²) in [4.78, 5) is 11.7. The van der Waals surface area contributed by atoms with Gasteiger partial charge in [-0.25, -0.2) is 4.39 Å². The molecule has 0 aliphatic heterocycles. The summed E-state index contributed by atoms with van der Waals surface area (Å²) in [6.07, 6.45) is 3.70. The van der Waals surface area contributed by atoms with Crippen LogP contribution < -0.4 is 0 Å². The molecule has 1 N–H and O–H groups in total. The van der Waals surface area contributed by atoms with Crippen LogP contribution in [0, 0.1) is 5.82 Å². The lowest BCUT2D eigenvalue weighted by Gasteiger charge is -2.34. The first-order valence-corrected chi connectivity index (χ1v) is 7.03. The maximum Gasteiger partial charge on any atom is 0.314 e. The molecule has 1 fully saturated rings. The predicted octanol–water partition coefficient (Wildman–Crippen LogP) is 4.53. The highest BCUT2D eigenvalue weighted by molar-refractivity contribution is 9.10. The molecule has 2 nitrogen and oxygen atoms in total. The van der Waals surface area contributed by atoms with Crippen LogP contribution in [0.1, 0.15) is 37.7 Å². The zero-order valence-electron chi connectivity index (χ0n) is 9.68. The minimum atomic E-state index is -1.04. The molecule has 2 rings (SSSR count). The molecule has 1 aromatic rings. The van der Waals surface area contributed by atoms with Gasteiger partial charge in [-0.2, -0.15) is 0 Å². The summed E-state index contributed by atoms with van der Waals surface area (Å²) in [5.41, 5.74) is -0.650. The van der Waals surface area contributed by atoms with Crippen LogP contribution in [0.15, 0.2) is 16.6 Å². The van der Waals surface area contributed by atoms with Gasteiger partial charge in [-0.15, -0.1) is 0 Å². The van der Waals surface area contributed by atoms with E-state index in [-0.39, 0.29) is 5.02 Å². The van der Waals surface area contributed by atoms with Gasteiger partial charge in [0.05, 0.1) is 10.4 Å². The van der Waals surface area contributed by atoms with Crippen molar-refractivity contribution in [3.8, 4) is 0 Å². The summed E-state index contributed by atoms with van der Waals surface area (Å²) in [5.74, 6) is -1.49. The van der Waals surface area contributed by atoms with Gasteiger partial charge >= 0.3 is 5.97 Å². The van der Waals surface area contributed by atoms with Crippen LogP contribution in [-0.2, 0) is 10.2 Å². The molecule has 98 valence electrons. The van der Waals surface area contributed by atoms with Gasteiger partial charge < -0.3 is 5.11 Å². The third kappa shape index (κ3) is 2.28. The fraction of sp³-hybridized carbons (Fsp3) is 0.462. The van der Waals surface area contributed by atoms with E-state index in [9.17, 15) is 14.3 Å². The van der Waals surface area contributed by atoms with Crippen molar-refractivity contribution in [3.05, 3.63) is 33.0 Å². The van der Waals surface area contributed by atoms with Crippen LogP contribution in [0.5, 0.6) is 0 Å². The highest BCUT2D eigenvalue weighted by Gasteiger charge is 2.43. The van der Waals surface area contributed by atoms with E-state index in [0.717, 1.165) is 19.3 Å². The van der Waals surface area contributed by atoms with Gasteiger partial charge in [0.15, 0.2) is 0 Å². The smallest absolute Gasteiger partial charge is 0.314 e. The summed E-state index contributed by atoms with van der Waals surface area (Å²) in [6.45, 7) is 0. The zero-order valence-corrected chi connectivity index (χ0v) is 12.0. The molecule has 0 radical (unpaired) electrons. The van der Waals surface area contributed by atoms with E-state index in [1.165, 1.54) is 6.07 Å². The summed E-state index contributed by atoms with van der Waals surface area (Å²) in [5, 5.41) is 9.48. The number of carboxylic acids is 1. The molecule has 5 heteroatoms. The van der Waals surface area contributed by atoms with Crippen molar-refractivity contribution >= 4 is 33.5 Å². The number of hydrogen-bond donors (Lipinski definition) is 1. The maximum absolute atomic E-state index is 13.7. The van der Waals surface area contributed by atoms with E-state index in [2.05, 4.69) is 15.9 Å². The van der Waals surface area contributed by atoms with Crippen LogP contribution in [0.2, 0.25) is 5.02 Å². The second-order valence-electron chi connectivity index (χ2n) is 4.70. The fourth-order valence-corrected chi connectivity index (χ4v) is 3.38. The highest BCUT2D eigenvalue weighted by atomic mass is 79.9. The molecule has 18 heavy (non-hydrogen) atoms. The lowest BCUT2D eigenvalue weighted by atomic mass is 9.69. The van der Waals surface area contributed by atoms with Crippen molar-refractivity contribution in [2.45, 2.75) is 37.5 Å². The highest BCUT2D eigenvalue weighted by Crippen LogP contribution is 2.44. The number of halogens is 3. The van der Waals surface area contributed by atoms with Gasteiger partial charge in [0.1, 0.15) is 5.82 Å². The van der Waals surface area contributed by atoms with Crippen molar-refractivity contribution in [1.82, 2.24) is 0 Å². The number of hydrogen-bond acceptors (Lipinski definition) is 1. The van der Waals surface area contributed by atoms with E-state index < -0.39 is 17.2 Å².